The lowest BCUT2D eigenvalue weighted by atomic mass is 10.1. The zero-order valence-electron chi connectivity index (χ0n) is 14.9. The average molecular weight is 353 g/mol. The monoisotopic (exact) mass is 353 g/mol. The van der Waals surface area contributed by atoms with Gasteiger partial charge < -0.3 is 9.47 Å². The van der Waals surface area contributed by atoms with Gasteiger partial charge in [-0.15, -0.1) is 0 Å². The van der Waals surface area contributed by atoms with E-state index >= 15 is 0 Å². The van der Waals surface area contributed by atoms with Crippen molar-refractivity contribution in [2.75, 3.05) is 19.8 Å². The number of nitrogens with zero attached hydrogens (tertiary/aromatic N) is 1. The van der Waals surface area contributed by atoms with Gasteiger partial charge >= 0.3 is 0 Å². The number of amides is 2. The Balaban J connectivity index is 1.43. The summed E-state index contributed by atoms with van der Waals surface area (Å²) in [4.78, 5) is 25.8. The van der Waals surface area contributed by atoms with Crippen LogP contribution in [-0.4, -0.2) is 36.5 Å². The highest BCUT2D eigenvalue weighted by Gasteiger charge is 2.34. The minimum absolute atomic E-state index is 0.223. The molecule has 0 bridgehead atoms. The molecule has 0 saturated heterocycles. The van der Waals surface area contributed by atoms with Gasteiger partial charge in [-0.05, 0) is 49.2 Å². The number of fused-ring (bicyclic) bond motifs is 1. The van der Waals surface area contributed by atoms with Crippen molar-refractivity contribution in [3.05, 3.63) is 59.7 Å². The van der Waals surface area contributed by atoms with Crippen molar-refractivity contribution >= 4 is 11.8 Å². The largest absolute Gasteiger partial charge is 0.494 e. The van der Waals surface area contributed by atoms with Crippen molar-refractivity contribution in [3.8, 4) is 11.5 Å². The van der Waals surface area contributed by atoms with E-state index in [-0.39, 0.29) is 11.8 Å². The third-order valence-electron chi connectivity index (χ3n) is 4.26. The van der Waals surface area contributed by atoms with Gasteiger partial charge in [0.1, 0.15) is 11.5 Å². The first-order chi connectivity index (χ1) is 12.7. The summed E-state index contributed by atoms with van der Waals surface area (Å²) in [5, 5.41) is 0. The van der Waals surface area contributed by atoms with Crippen molar-refractivity contribution in [1.29, 1.82) is 0 Å². The number of carbonyl (C=O) groups is 2. The Morgan fingerprint density at radius 2 is 1.27 bits per heavy atom. The first kappa shape index (κ1) is 18.0. The van der Waals surface area contributed by atoms with Crippen LogP contribution in [0.4, 0.5) is 0 Å². The molecule has 0 radical (unpaired) electrons. The molecule has 0 unspecified atom stereocenters. The van der Waals surface area contributed by atoms with Crippen molar-refractivity contribution in [1.82, 2.24) is 4.90 Å². The molecule has 0 aliphatic carbocycles. The zero-order chi connectivity index (χ0) is 18.4. The first-order valence-electron chi connectivity index (χ1n) is 9.01. The fourth-order valence-corrected chi connectivity index (χ4v) is 2.82. The number of hydrogen-bond donors (Lipinski definition) is 0. The van der Waals surface area contributed by atoms with Crippen LogP contribution >= 0.6 is 0 Å². The number of ether oxygens (including phenoxy) is 2. The molecule has 3 rings (SSSR count). The Hall–Kier alpha value is -2.82. The minimum atomic E-state index is -0.223. The van der Waals surface area contributed by atoms with Crippen LogP contribution in [0.5, 0.6) is 11.5 Å². The van der Waals surface area contributed by atoms with Gasteiger partial charge in [0, 0.05) is 6.54 Å². The van der Waals surface area contributed by atoms with E-state index in [4.69, 9.17) is 9.47 Å². The van der Waals surface area contributed by atoms with Crippen LogP contribution in [0.25, 0.3) is 0 Å². The molecular formula is C21H23NO4. The fourth-order valence-electron chi connectivity index (χ4n) is 2.82. The zero-order valence-corrected chi connectivity index (χ0v) is 14.9. The normalized spacial score (nSPS) is 13.0. The fraction of sp³-hybridized carbons (Fsp3) is 0.333. The van der Waals surface area contributed by atoms with Gasteiger partial charge in [0.15, 0.2) is 0 Å². The molecule has 5 nitrogen and oxygen atoms in total. The quantitative estimate of drug-likeness (QED) is 0.506. The van der Waals surface area contributed by atoms with Crippen molar-refractivity contribution in [3.63, 3.8) is 0 Å². The van der Waals surface area contributed by atoms with Crippen molar-refractivity contribution in [2.24, 2.45) is 0 Å². The van der Waals surface area contributed by atoms with E-state index in [0.717, 1.165) is 30.9 Å². The predicted octanol–water partition coefficient (Wildman–Crippen LogP) is 3.93. The van der Waals surface area contributed by atoms with Crippen LogP contribution in [0.15, 0.2) is 48.5 Å². The lowest BCUT2D eigenvalue weighted by Crippen LogP contribution is -2.31. The number of hydrogen-bond acceptors (Lipinski definition) is 4. The Morgan fingerprint density at radius 3 is 1.77 bits per heavy atom. The summed E-state index contributed by atoms with van der Waals surface area (Å²) in [6.07, 6.45) is 2.73. The number of benzene rings is 2. The summed E-state index contributed by atoms with van der Waals surface area (Å²) in [6.45, 7) is 3.63. The highest BCUT2D eigenvalue weighted by Crippen LogP contribution is 2.23. The molecule has 1 aliphatic heterocycles. The van der Waals surface area contributed by atoms with Gasteiger partial charge in [0.25, 0.3) is 11.8 Å². The molecule has 136 valence electrons. The molecule has 0 atom stereocenters. The maximum Gasteiger partial charge on any atom is 0.261 e. The van der Waals surface area contributed by atoms with Gasteiger partial charge in [-0.25, -0.2) is 0 Å². The van der Waals surface area contributed by atoms with E-state index in [1.807, 2.05) is 24.3 Å². The van der Waals surface area contributed by atoms with E-state index in [1.54, 1.807) is 24.3 Å². The average Bonchev–Trinajstić information content (AvgIpc) is 2.91. The number of imide groups is 1. The number of carbonyl (C=O) groups excluding carboxylic acids is 2. The second-order valence-corrected chi connectivity index (χ2v) is 6.18. The SMILES string of the molecule is CCCCOc1ccc(OCCCN2C(=O)c3ccccc3C2=O)cc1. The molecule has 0 aromatic heterocycles. The van der Waals surface area contributed by atoms with E-state index in [2.05, 4.69) is 6.92 Å². The van der Waals surface area contributed by atoms with Crippen molar-refractivity contribution in [2.45, 2.75) is 26.2 Å². The molecule has 0 fully saturated rings. The predicted molar refractivity (Wildman–Crippen MR) is 98.8 cm³/mol. The maximum absolute atomic E-state index is 12.3. The first-order valence-corrected chi connectivity index (χ1v) is 9.01. The Kier molecular flexibility index (Phi) is 5.89. The van der Waals surface area contributed by atoms with E-state index in [0.29, 0.717) is 30.7 Å². The molecule has 5 heteroatoms. The smallest absolute Gasteiger partial charge is 0.261 e. The molecule has 1 heterocycles. The summed E-state index contributed by atoms with van der Waals surface area (Å²) < 4.78 is 11.3. The number of rotatable bonds is 9. The van der Waals surface area contributed by atoms with Gasteiger partial charge in [-0.2, -0.15) is 0 Å². The van der Waals surface area contributed by atoms with Crippen LogP contribution in [-0.2, 0) is 0 Å². The number of unbranched alkanes of at least 4 members (excludes halogenated alkanes) is 1. The van der Waals surface area contributed by atoms with Crippen LogP contribution in [0.2, 0.25) is 0 Å². The molecule has 2 aromatic carbocycles. The van der Waals surface area contributed by atoms with E-state index in [1.165, 1.54) is 4.90 Å². The van der Waals surface area contributed by atoms with E-state index in [9.17, 15) is 9.59 Å². The van der Waals surface area contributed by atoms with E-state index < -0.39 is 0 Å². The van der Waals surface area contributed by atoms with Gasteiger partial charge in [-0.3, -0.25) is 14.5 Å². The molecule has 1 aliphatic rings. The van der Waals surface area contributed by atoms with Gasteiger partial charge in [0.2, 0.25) is 0 Å². The standard InChI is InChI=1S/C21H23NO4/c1-2-3-14-25-16-9-11-17(12-10-16)26-15-6-13-22-20(23)18-7-4-5-8-19(18)21(22)24/h4-5,7-12H,2-3,6,13-15H2,1H3. The van der Waals surface area contributed by atoms with Crippen molar-refractivity contribution < 1.29 is 19.1 Å². The van der Waals surface area contributed by atoms with Gasteiger partial charge in [0.05, 0.1) is 24.3 Å². The summed E-state index contributed by atoms with van der Waals surface area (Å²) in [5.74, 6) is 1.13. The second-order valence-electron chi connectivity index (χ2n) is 6.18. The summed E-state index contributed by atoms with van der Waals surface area (Å²) in [6, 6.07) is 14.4. The Morgan fingerprint density at radius 1 is 0.769 bits per heavy atom. The van der Waals surface area contributed by atoms with Crippen LogP contribution < -0.4 is 9.47 Å². The summed E-state index contributed by atoms with van der Waals surface area (Å²) >= 11 is 0. The highest BCUT2D eigenvalue weighted by molar-refractivity contribution is 6.21. The summed E-state index contributed by atoms with van der Waals surface area (Å²) in [7, 11) is 0. The molecule has 0 saturated carbocycles. The molecule has 2 amide bonds. The topological polar surface area (TPSA) is 55.8 Å². The lowest BCUT2D eigenvalue weighted by Gasteiger charge is -2.14. The third kappa shape index (κ3) is 4.04. The molecule has 2 aromatic rings. The maximum atomic E-state index is 12.3. The second kappa shape index (κ2) is 8.52. The highest BCUT2D eigenvalue weighted by atomic mass is 16.5. The summed E-state index contributed by atoms with van der Waals surface area (Å²) in [5.41, 5.74) is 0.967. The molecule has 26 heavy (non-hydrogen) atoms. The molecular weight excluding hydrogens is 330 g/mol. The minimum Gasteiger partial charge on any atom is -0.494 e. The van der Waals surface area contributed by atoms with Crippen LogP contribution in [0.1, 0.15) is 46.9 Å². The Labute approximate surface area is 153 Å². The molecule has 0 N–H and O–H groups in total. The molecule has 0 spiro atoms. The van der Waals surface area contributed by atoms with Crippen LogP contribution in [0.3, 0.4) is 0 Å². The lowest BCUT2D eigenvalue weighted by molar-refractivity contribution is 0.0646. The third-order valence-corrected chi connectivity index (χ3v) is 4.26. The Bertz CT molecular complexity index is 735. The van der Waals surface area contributed by atoms with Gasteiger partial charge in [-0.1, -0.05) is 25.5 Å². The van der Waals surface area contributed by atoms with Crippen LogP contribution in [0, 0.1) is 0 Å².